The molecule has 0 saturated carbocycles. The Morgan fingerprint density at radius 2 is 1.81 bits per heavy atom. The van der Waals surface area contributed by atoms with E-state index in [-0.39, 0.29) is 17.9 Å². The van der Waals surface area contributed by atoms with Crippen molar-refractivity contribution in [1.29, 1.82) is 0 Å². The zero-order valence-electron chi connectivity index (χ0n) is 12.4. The summed E-state index contributed by atoms with van der Waals surface area (Å²) < 4.78 is 0. The van der Waals surface area contributed by atoms with Crippen LogP contribution >= 0.6 is 0 Å². The summed E-state index contributed by atoms with van der Waals surface area (Å²) in [7, 11) is 0. The molecule has 0 unspecified atom stereocenters. The van der Waals surface area contributed by atoms with Crippen molar-refractivity contribution in [2.75, 3.05) is 0 Å². The molecule has 1 aromatic rings. The number of hydroxylamine groups is 2. The smallest absolute Gasteiger partial charge is 0.266 e. The molecule has 0 fully saturated rings. The van der Waals surface area contributed by atoms with Crippen molar-refractivity contribution >= 4 is 11.8 Å². The molecule has 0 aliphatic carbocycles. The lowest BCUT2D eigenvalue weighted by molar-refractivity contribution is -0.136. The summed E-state index contributed by atoms with van der Waals surface area (Å²) in [6, 6.07) is 6.81. The fourth-order valence-electron chi connectivity index (χ4n) is 2.40. The first-order valence-corrected chi connectivity index (χ1v) is 7.44. The molecule has 1 aliphatic heterocycles. The van der Waals surface area contributed by atoms with Crippen molar-refractivity contribution < 1.29 is 14.4 Å². The van der Waals surface area contributed by atoms with Crippen LogP contribution in [-0.4, -0.2) is 23.0 Å². The van der Waals surface area contributed by atoms with Crippen LogP contribution in [0.25, 0.3) is 0 Å². The molecule has 2 amide bonds. The first kappa shape index (κ1) is 15.4. The number of allylic oxidation sites excluding steroid dienone is 1. The molecule has 0 spiro atoms. The highest BCUT2D eigenvalue weighted by Crippen LogP contribution is 2.25. The summed E-state index contributed by atoms with van der Waals surface area (Å²) in [5.74, 6) is -0.730. The number of fused-ring (bicyclic) bond motifs is 1. The lowest BCUT2D eigenvalue weighted by atomic mass is 10.1. The quantitative estimate of drug-likeness (QED) is 0.540. The van der Waals surface area contributed by atoms with Crippen molar-refractivity contribution in [2.45, 2.75) is 45.1 Å². The van der Waals surface area contributed by atoms with E-state index in [2.05, 4.69) is 13.5 Å². The summed E-state index contributed by atoms with van der Waals surface area (Å²) in [6.07, 6.45) is 6.14. The van der Waals surface area contributed by atoms with Gasteiger partial charge < -0.3 is 0 Å². The van der Waals surface area contributed by atoms with Gasteiger partial charge in [0.1, 0.15) is 0 Å². The second-order valence-corrected chi connectivity index (χ2v) is 5.19. The van der Waals surface area contributed by atoms with Gasteiger partial charge >= 0.3 is 0 Å². The Morgan fingerprint density at radius 1 is 1.19 bits per heavy atom. The number of rotatable bonds is 8. The number of unbranched alkanes of at least 4 members (excludes halogenated alkanes) is 1. The highest BCUT2D eigenvalue weighted by molar-refractivity contribution is 6.20. The van der Waals surface area contributed by atoms with Crippen LogP contribution in [0.1, 0.15) is 59.7 Å². The van der Waals surface area contributed by atoms with Crippen molar-refractivity contribution in [1.82, 2.24) is 5.06 Å². The van der Waals surface area contributed by atoms with Crippen LogP contribution in [0, 0.1) is 0 Å². The Bertz CT molecular complexity index is 504. The van der Waals surface area contributed by atoms with Crippen molar-refractivity contribution in [3.05, 3.63) is 48.0 Å². The SMILES string of the molecule is C=CCC[C@@H](CCCC)ON1C(=O)c2ccccc2C1=O. The predicted molar refractivity (Wildman–Crippen MR) is 80.8 cm³/mol. The monoisotopic (exact) mass is 287 g/mol. The average Bonchev–Trinajstić information content (AvgIpc) is 2.75. The molecule has 21 heavy (non-hydrogen) atoms. The van der Waals surface area contributed by atoms with Crippen molar-refractivity contribution in [3.63, 3.8) is 0 Å². The summed E-state index contributed by atoms with van der Waals surface area (Å²) >= 11 is 0. The molecule has 0 saturated heterocycles. The number of amides is 2. The average molecular weight is 287 g/mol. The number of carbonyl (C=O) groups is 2. The third kappa shape index (κ3) is 3.39. The first-order valence-electron chi connectivity index (χ1n) is 7.44. The maximum absolute atomic E-state index is 12.3. The normalized spacial score (nSPS) is 15.2. The van der Waals surface area contributed by atoms with E-state index in [9.17, 15) is 9.59 Å². The van der Waals surface area contributed by atoms with Gasteiger partial charge in [-0.3, -0.25) is 14.4 Å². The lowest BCUT2D eigenvalue weighted by Gasteiger charge is -2.22. The van der Waals surface area contributed by atoms with Crippen LogP contribution in [-0.2, 0) is 4.84 Å². The molecule has 4 heteroatoms. The van der Waals surface area contributed by atoms with E-state index in [1.165, 1.54) is 0 Å². The Hall–Kier alpha value is -1.94. The molecule has 0 aromatic heterocycles. The standard InChI is InChI=1S/C17H21NO3/c1-3-5-9-13(10-6-4-2)21-18-16(19)14-11-7-8-12-15(14)17(18)20/h3,7-8,11-13H,1,4-6,9-10H2,2H3/t13-/m0/s1. The summed E-state index contributed by atoms with van der Waals surface area (Å²) in [6.45, 7) is 5.81. The second kappa shape index (κ2) is 7.18. The molecular formula is C17H21NO3. The van der Waals surface area contributed by atoms with Crippen LogP contribution in [0.15, 0.2) is 36.9 Å². The van der Waals surface area contributed by atoms with Crippen LogP contribution in [0.4, 0.5) is 0 Å². The minimum atomic E-state index is -0.365. The van der Waals surface area contributed by atoms with E-state index >= 15 is 0 Å². The molecule has 0 radical (unpaired) electrons. The molecule has 1 aliphatic rings. The molecule has 1 heterocycles. The van der Waals surface area contributed by atoms with Gasteiger partial charge in [-0.15, -0.1) is 11.6 Å². The van der Waals surface area contributed by atoms with Crippen LogP contribution in [0.2, 0.25) is 0 Å². The van der Waals surface area contributed by atoms with E-state index in [1.807, 2.05) is 6.08 Å². The Kier molecular flexibility index (Phi) is 5.28. The van der Waals surface area contributed by atoms with Gasteiger partial charge in [0.2, 0.25) is 0 Å². The molecule has 1 aromatic carbocycles. The Balaban J connectivity index is 2.09. The predicted octanol–water partition coefficient (Wildman–Crippen LogP) is 3.74. The number of nitrogens with zero attached hydrogens (tertiary/aromatic N) is 1. The van der Waals surface area contributed by atoms with Gasteiger partial charge in [0, 0.05) is 0 Å². The van der Waals surface area contributed by atoms with E-state index in [0.29, 0.717) is 11.1 Å². The zero-order chi connectivity index (χ0) is 15.2. The number of imide groups is 1. The van der Waals surface area contributed by atoms with Crippen molar-refractivity contribution in [2.24, 2.45) is 0 Å². The molecule has 1 atom stereocenters. The number of hydrogen-bond donors (Lipinski definition) is 0. The van der Waals surface area contributed by atoms with E-state index in [0.717, 1.165) is 37.2 Å². The highest BCUT2D eigenvalue weighted by Gasteiger charge is 2.37. The zero-order valence-corrected chi connectivity index (χ0v) is 12.4. The minimum absolute atomic E-state index is 0.134. The first-order chi connectivity index (χ1) is 10.2. The summed E-state index contributed by atoms with van der Waals surface area (Å²) in [5, 5.41) is 0.925. The van der Waals surface area contributed by atoms with Crippen LogP contribution < -0.4 is 0 Å². The van der Waals surface area contributed by atoms with Gasteiger partial charge in [-0.25, -0.2) is 0 Å². The van der Waals surface area contributed by atoms with Crippen LogP contribution in [0.3, 0.4) is 0 Å². The van der Waals surface area contributed by atoms with E-state index in [4.69, 9.17) is 4.84 Å². The molecule has 112 valence electrons. The van der Waals surface area contributed by atoms with Gasteiger partial charge in [0.05, 0.1) is 17.2 Å². The topological polar surface area (TPSA) is 46.6 Å². The number of benzene rings is 1. The maximum Gasteiger partial charge on any atom is 0.285 e. The minimum Gasteiger partial charge on any atom is -0.266 e. The summed E-state index contributed by atoms with van der Waals surface area (Å²) in [5.41, 5.74) is 0.834. The fourth-order valence-corrected chi connectivity index (χ4v) is 2.40. The molecular weight excluding hydrogens is 266 g/mol. The van der Waals surface area contributed by atoms with Crippen molar-refractivity contribution in [3.8, 4) is 0 Å². The van der Waals surface area contributed by atoms with E-state index < -0.39 is 0 Å². The molecule has 4 nitrogen and oxygen atoms in total. The van der Waals surface area contributed by atoms with E-state index in [1.54, 1.807) is 24.3 Å². The Morgan fingerprint density at radius 3 is 2.33 bits per heavy atom. The number of hydrogen-bond acceptors (Lipinski definition) is 3. The van der Waals surface area contributed by atoms with Gasteiger partial charge in [0.25, 0.3) is 11.8 Å². The molecule has 0 N–H and O–H groups in total. The van der Waals surface area contributed by atoms with Gasteiger partial charge in [-0.05, 0) is 31.4 Å². The third-order valence-corrected chi connectivity index (χ3v) is 3.58. The van der Waals surface area contributed by atoms with Gasteiger partial charge in [0.15, 0.2) is 0 Å². The highest BCUT2D eigenvalue weighted by atomic mass is 16.7. The molecule has 2 rings (SSSR count). The Labute approximate surface area is 125 Å². The lowest BCUT2D eigenvalue weighted by Crippen LogP contribution is -2.34. The number of carbonyl (C=O) groups excluding carboxylic acids is 2. The fraction of sp³-hybridized carbons (Fsp3) is 0.412. The van der Waals surface area contributed by atoms with Crippen LogP contribution in [0.5, 0.6) is 0 Å². The van der Waals surface area contributed by atoms with Gasteiger partial charge in [-0.2, -0.15) is 0 Å². The third-order valence-electron chi connectivity index (χ3n) is 3.58. The maximum atomic E-state index is 12.3. The summed E-state index contributed by atoms with van der Waals surface area (Å²) in [4.78, 5) is 30.2. The van der Waals surface area contributed by atoms with Gasteiger partial charge in [-0.1, -0.05) is 38.0 Å². The second-order valence-electron chi connectivity index (χ2n) is 5.19. The largest absolute Gasteiger partial charge is 0.285 e. The molecule has 0 bridgehead atoms.